The Balaban J connectivity index is 1.59. The van der Waals surface area contributed by atoms with Crippen molar-refractivity contribution in [2.75, 3.05) is 39.7 Å². The number of carbonyl (C=O) groups excluding carboxylic acids is 3. The second-order valence-electron chi connectivity index (χ2n) is 6.89. The molecular formula is C21H20ClN3O3S. The second-order valence-corrected chi connectivity index (χ2v) is 8.55. The van der Waals surface area contributed by atoms with E-state index in [9.17, 15) is 14.4 Å². The minimum absolute atomic E-state index is 0.204. The van der Waals surface area contributed by atoms with Crippen molar-refractivity contribution in [3.8, 4) is 0 Å². The molecule has 0 unspecified atom stereocenters. The molecule has 29 heavy (non-hydrogen) atoms. The van der Waals surface area contributed by atoms with Gasteiger partial charge >= 0.3 is 0 Å². The number of thioether (sulfide) groups is 1. The number of benzene rings is 2. The number of halogens is 1. The molecule has 2 heterocycles. The third kappa shape index (κ3) is 4.26. The summed E-state index contributed by atoms with van der Waals surface area (Å²) in [6.45, 7) is 1.81. The minimum atomic E-state index is -0.319. The van der Waals surface area contributed by atoms with Gasteiger partial charge in [0, 0.05) is 48.0 Å². The van der Waals surface area contributed by atoms with Crippen LogP contribution >= 0.6 is 23.4 Å². The Hall–Kier alpha value is -2.51. The molecule has 2 aromatic rings. The molecule has 2 saturated heterocycles. The fourth-order valence-electron chi connectivity index (χ4n) is 3.53. The van der Waals surface area contributed by atoms with E-state index in [0.717, 1.165) is 35.2 Å². The maximum absolute atomic E-state index is 12.9. The number of anilines is 3. The molecule has 0 bridgehead atoms. The van der Waals surface area contributed by atoms with Crippen LogP contribution in [0.25, 0.3) is 0 Å². The highest BCUT2D eigenvalue weighted by Crippen LogP contribution is 2.32. The predicted molar refractivity (Wildman–Crippen MR) is 117 cm³/mol. The third-order valence-corrected chi connectivity index (χ3v) is 6.15. The lowest BCUT2D eigenvalue weighted by atomic mass is 10.1. The summed E-state index contributed by atoms with van der Waals surface area (Å²) in [4.78, 5) is 40.3. The lowest BCUT2D eigenvalue weighted by molar-refractivity contribution is -0.121. The Labute approximate surface area is 178 Å². The summed E-state index contributed by atoms with van der Waals surface area (Å²) in [5, 5.41) is 3.48. The highest BCUT2D eigenvalue weighted by Gasteiger charge is 2.30. The van der Waals surface area contributed by atoms with Gasteiger partial charge in [-0.3, -0.25) is 19.3 Å². The van der Waals surface area contributed by atoms with Gasteiger partial charge in [-0.15, -0.1) is 0 Å². The fourth-order valence-corrected chi connectivity index (χ4v) is 4.61. The highest BCUT2D eigenvalue weighted by molar-refractivity contribution is 7.99. The van der Waals surface area contributed by atoms with Crippen molar-refractivity contribution in [3.63, 3.8) is 0 Å². The van der Waals surface area contributed by atoms with Crippen molar-refractivity contribution in [2.45, 2.75) is 12.8 Å². The molecule has 2 fully saturated rings. The van der Waals surface area contributed by atoms with Crippen LogP contribution in [-0.4, -0.2) is 42.3 Å². The van der Waals surface area contributed by atoms with E-state index in [-0.39, 0.29) is 30.6 Å². The first-order valence-corrected chi connectivity index (χ1v) is 11.0. The summed E-state index contributed by atoms with van der Waals surface area (Å²) in [5.41, 5.74) is 2.37. The van der Waals surface area contributed by atoms with Crippen LogP contribution in [-0.2, 0) is 9.59 Å². The van der Waals surface area contributed by atoms with E-state index in [2.05, 4.69) is 10.2 Å². The summed E-state index contributed by atoms with van der Waals surface area (Å²) in [6, 6.07) is 12.0. The van der Waals surface area contributed by atoms with Gasteiger partial charge in [0.1, 0.15) is 0 Å². The maximum Gasteiger partial charge on any atom is 0.255 e. The van der Waals surface area contributed by atoms with E-state index >= 15 is 0 Å². The summed E-state index contributed by atoms with van der Waals surface area (Å²) in [6.07, 6.45) is 0.407. The monoisotopic (exact) mass is 429 g/mol. The number of hydrogen-bond acceptors (Lipinski definition) is 5. The van der Waals surface area contributed by atoms with Gasteiger partial charge in [-0.25, -0.2) is 0 Å². The van der Waals surface area contributed by atoms with Crippen molar-refractivity contribution in [1.82, 2.24) is 0 Å². The highest BCUT2D eigenvalue weighted by atomic mass is 35.5. The molecule has 0 radical (unpaired) electrons. The molecule has 3 amide bonds. The van der Waals surface area contributed by atoms with Gasteiger partial charge in [0.2, 0.25) is 11.8 Å². The molecule has 2 aliphatic heterocycles. The smallest absolute Gasteiger partial charge is 0.255 e. The number of imide groups is 1. The van der Waals surface area contributed by atoms with E-state index in [1.165, 1.54) is 0 Å². The minimum Gasteiger partial charge on any atom is -0.368 e. The van der Waals surface area contributed by atoms with E-state index in [1.54, 1.807) is 30.3 Å². The third-order valence-electron chi connectivity index (χ3n) is 4.98. The van der Waals surface area contributed by atoms with Crippen molar-refractivity contribution < 1.29 is 14.4 Å². The zero-order valence-electron chi connectivity index (χ0n) is 15.7. The zero-order valence-corrected chi connectivity index (χ0v) is 17.3. The predicted octanol–water partition coefficient (Wildman–Crippen LogP) is 3.80. The number of nitrogens with one attached hydrogen (secondary N) is 1. The molecule has 0 saturated carbocycles. The standard InChI is InChI=1S/C21H20ClN3O3S/c22-15-4-5-18(24-8-10-29-11-9-24)17(13-15)23-21(28)14-2-1-3-16(12-14)25-19(26)6-7-20(25)27/h1-5,12-13H,6-11H2,(H,23,28). The molecule has 8 heteroatoms. The quantitative estimate of drug-likeness (QED) is 0.748. The summed E-state index contributed by atoms with van der Waals surface area (Å²) < 4.78 is 0. The number of carbonyl (C=O) groups is 3. The van der Waals surface area contributed by atoms with Crippen LogP contribution in [0.4, 0.5) is 17.1 Å². The van der Waals surface area contributed by atoms with Gasteiger partial charge in [0.25, 0.3) is 5.91 Å². The van der Waals surface area contributed by atoms with Gasteiger partial charge in [-0.05, 0) is 36.4 Å². The lowest BCUT2D eigenvalue weighted by Crippen LogP contribution is -2.33. The fraction of sp³-hybridized carbons (Fsp3) is 0.286. The first kappa shape index (κ1) is 19.8. The molecule has 2 aromatic carbocycles. The summed E-state index contributed by atoms with van der Waals surface area (Å²) in [7, 11) is 0. The Morgan fingerprint density at radius 2 is 1.72 bits per heavy atom. The first-order chi connectivity index (χ1) is 14.0. The Morgan fingerprint density at radius 1 is 1.00 bits per heavy atom. The van der Waals surface area contributed by atoms with E-state index in [4.69, 9.17) is 11.6 Å². The average Bonchev–Trinajstić information content (AvgIpc) is 3.07. The van der Waals surface area contributed by atoms with Gasteiger partial charge in [-0.2, -0.15) is 11.8 Å². The molecule has 0 aliphatic carbocycles. The Kier molecular flexibility index (Phi) is 5.78. The van der Waals surface area contributed by atoms with Crippen LogP contribution in [0.15, 0.2) is 42.5 Å². The molecule has 0 spiro atoms. The number of hydrogen-bond donors (Lipinski definition) is 1. The Morgan fingerprint density at radius 3 is 2.45 bits per heavy atom. The molecule has 2 aliphatic rings. The van der Waals surface area contributed by atoms with Crippen LogP contribution in [0.2, 0.25) is 5.02 Å². The first-order valence-electron chi connectivity index (χ1n) is 9.42. The summed E-state index contributed by atoms with van der Waals surface area (Å²) >= 11 is 8.09. The van der Waals surface area contributed by atoms with Gasteiger partial charge < -0.3 is 10.2 Å². The van der Waals surface area contributed by atoms with Crippen molar-refractivity contribution >= 4 is 58.1 Å². The summed E-state index contributed by atoms with van der Waals surface area (Å²) in [5.74, 6) is 1.27. The number of amides is 3. The topological polar surface area (TPSA) is 69.7 Å². The Bertz CT molecular complexity index is 959. The van der Waals surface area contributed by atoms with Crippen LogP contribution in [0.3, 0.4) is 0 Å². The SMILES string of the molecule is O=C(Nc1cc(Cl)ccc1N1CCSCC1)c1cccc(N2C(=O)CCC2=O)c1. The van der Waals surface area contributed by atoms with Gasteiger partial charge in [-0.1, -0.05) is 17.7 Å². The maximum atomic E-state index is 12.9. The van der Waals surface area contributed by atoms with Crippen molar-refractivity contribution in [1.29, 1.82) is 0 Å². The average molecular weight is 430 g/mol. The molecular weight excluding hydrogens is 410 g/mol. The molecule has 1 N–H and O–H groups in total. The van der Waals surface area contributed by atoms with Crippen molar-refractivity contribution in [3.05, 3.63) is 53.1 Å². The van der Waals surface area contributed by atoms with Gasteiger partial charge in [0.15, 0.2) is 0 Å². The molecule has 0 aromatic heterocycles. The van der Waals surface area contributed by atoms with E-state index < -0.39 is 0 Å². The van der Waals surface area contributed by atoms with Crippen molar-refractivity contribution in [2.24, 2.45) is 0 Å². The van der Waals surface area contributed by atoms with E-state index in [1.807, 2.05) is 23.9 Å². The van der Waals surface area contributed by atoms with Crippen LogP contribution < -0.4 is 15.1 Å². The molecule has 6 nitrogen and oxygen atoms in total. The van der Waals surface area contributed by atoms with Gasteiger partial charge in [0.05, 0.1) is 17.1 Å². The molecule has 150 valence electrons. The number of rotatable bonds is 4. The molecule has 0 atom stereocenters. The normalized spacial score (nSPS) is 17.0. The second kappa shape index (κ2) is 8.47. The largest absolute Gasteiger partial charge is 0.368 e. The van der Waals surface area contributed by atoms with E-state index in [0.29, 0.717) is 22.0 Å². The van der Waals surface area contributed by atoms with Crippen LogP contribution in [0.5, 0.6) is 0 Å². The van der Waals surface area contributed by atoms with Crippen LogP contribution in [0.1, 0.15) is 23.2 Å². The lowest BCUT2D eigenvalue weighted by Gasteiger charge is -2.30. The van der Waals surface area contributed by atoms with Crippen LogP contribution in [0, 0.1) is 0 Å². The molecule has 4 rings (SSSR count). The number of nitrogens with zero attached hydrogens (tertiary/aromatic N) is 2. The zero-order chi connectivity index (χ0) is 20.4.